The fourth-order valence-electron chi connectivity index (χ4n) is 3.70. The Hall–Kier alpha value is -3.42. The van der Waals surface area contributed by atoms with Crippen molar-refractivity contribution in [2.75, 3.05) is 13.7 Å². The lowest BCUT2D eigenvalue weighted by molar-refractivity contribution is 0.408. The largest absolute Gasteiger partial charge is 0.497 e. The lowest BCUT2D eigenvalue weighted by Gasteiger charge is -2.22. The lowest BCUT2D eigenvalue weighted by Crippen LogP contribution is -2.34. The van der Waals surface area contributed by atoms with Gasteiger partial charge in [0.15, 0.2) is 0 Å². The number of rotatable bonds is 8. The molecule has 4 rings (SSSR count). The van der Waals surface area contributed by atoms with E-state index in [4.69, 9.17) is 4.74 Å². The number of ether oxygens (including phenoxy) is 1. The fourth-order valence-corrected chi connectivity index (χ4v) is 5.12. The minimum atomic E-state index is -3.81. The van der Waals surface area contributed by atoms with E-state index < -0.39 is 10.0 Å². The SMILES string of the molecule is COc1ccc2cc(CN(CCc3ccccc3)S(=O)(=O)c3ccc(C)cc3)c(=O)[nH]c2c1. The molecule has 0 aliphatic heterocycles. The second-order valence-electron chi connectivity index (χ2n) is 7.96. The van der Waals surface area contributed by atoms with Gasteiger partial charge in [-0.2, -0.15) is 4.31 Å². The van der Waals surface area contributed by atoms with Crippen molar-refractivity contribution in [2.45, 2.75) is 24.8 Å². The number of nitrogens with one attached hydrogen (secondary N) is 1. The molecular weight excluding hydrogens is 436 g/mol. The first-order valence-corrected chi connectivity index (χ1v) is 12.1. The van der Waals surface area contributed by atoms with Crippen molar-refractivity contribution in [3.05, 3.63) is 106 Å². The summed E-state index contributed by atoms with van der Waals surface area (Å²) in [6.45, 7) is 2.13. The van der Waals surface area contributed by atoms with Crippen LogP contribution in [0.15, 0.2) is 88.6 Å². The van der Waals surface area contributed by atoms with E-state index in [9.17, 15) is 13.2 Å². The Labute approximate surface area is 193 Å². The molecule has 0 fully saturated rings. The number of sulfonamides is 1. The van der Waals surface area contributed by atoms with Crippen molar-refractivity contribution in [1.29, 1.82) is 0 Å². The first-order valence-electron chi connectivity index (χ1n) is 10.7. The maximum atomic E-state index is 13.5. The summed E-state index contributed by atoms with van der Waals surface area (Å²) in [7, 11) is -2.24. The summed E-state index contributed by atoms with van der Waals surface area (Å²) in [6.07, 6.45) is 0.536. The van der Waals surface area contributed by atoms with Crippen LogP contribution in [0.2, 0.25) is 0 Å². The Morgan fingerprint density at radius 1 is 0.939 bits per heavy atom. The molecule has 0 spiro atoms. The van der Waals surface area contributed by atoms with Crippen LogP contribution in [0.5, 0.6) is 5.75 Å². The molecule has 0 atom stereocenters. The van der Waals surface area contributed by atoms with Crippen LogP contribution in [0.3, 0.4) is 0 Å². The van der Waals surface area contributed by atoms with Crippen LogP contribution in [0.1, 0.15) is 16.7 Å². The fraction of sp³-hybridized carbons (Fsp3) is 0.192. The van der Waals surface area contributed by atoms with Gasteiger partial charge in [-0.1, -0.05) is 48.0 Å². The quantitative estimate of drug-likeness (QED) is 0.424. The summed E-state index contributed by atoms with van der Waals surface area (Å²) in [6, 6.07) is 23.6. The molecule has 1 N–H and O–H groups in total. The molecule has 170 valence electrons. The Morgan fingerprint density at radius 3 is 2.36 bits per heavy atom. The van der Waals surface area contributed by atoms with Crippen LogP contribution in [0.4, 0.5) is 0 Å². The van der Waals surface area contributed by atoms with E-state index in [-0.39, 0.29) is 23.5 Å². The summed E-state index contributed by atoms with van der Waals surface area (Å²) >= 11 is 0. The monoisotopic (exact) mass is 462 g/mol. The summed E-state index contributed by atoms with van der Waals surface area (Å²) in [4.78, 5) is 15.9. The van der Waals surface area contributed by atoms with Crippen LogP contribution in [0, 0.1) is 6.92 Å². The molecule has 33 heavy (non-hydrogen) atoms. The van der Waals surface area contributed by atoms with Gasteiger partial charge in [-0.3, -0.25) is 4.79 Å². The number of aromatic nitrogens is 1. The minimum absolute atomic E-state index is 0.0274. The van der Waals surface area contributed by atoms with Crippen LogP contribution in [-0.4, -0.2) is 31.4 Å². The van der Waals surface area contributed by atoms with E-state index in [0.29, 0.717) is 23.3 Å². The van der Waals surface area contributed by atoms with Gasteiger partial charge in [-0.15, -0.1) is 0 Å². The number of nitrogens with zero attached hydrogens (tertiary/aromatic N) is 1. The molecule has 7 heteroatoms. The number of hydrogen-bond donors (Lipinski definition) is 1. The molecule has 0 aliphatic rings. The molecule has 3 aromatic carbocycles. The predicted octanol–water partition coefficient (Wildman–Crippen LogP) is 4.28. The van der Waals surface area contributed by atoms with E-state index in [1.54, 1.807) is 49.6 Å². The number of methoxy groups -OCH3 is 1. The molecule has 0 saturated heterocycles. The molecular formula is C26H26N2O4S. The zero-order chi connectivity index (χ0) is 23.4. The van der Waals surface area contributed by atoms with Gasteiger partial charge in [0.2, 0.25) is 10.0 Å². The third-order valence-corrected chi connectivity index (χ3v) is 7.49. The number of benzene rings is 3. The van der Waals surface area contributed by atoms with Gasteiger partial charge in [0.25, 0.3) is 5.56 Å². The Kier molecular flexibility index (Phi) is 6.62. The van der Waals surface area contributed by atoms with Gasteiger partial charge in [-0.25, -0.2) is 8.42 Å². The highest BCUT2D eigenvalue weighted by Crippen LogP contribution is 2.22. The summed E-state index contributed by atoms with van der Waals surface area (Å²) in [5.41, 5.74) is 2.71. The topological polar surface area (TPSA) is 79.5 Å². The minimum Gasteiger partial charge on any atom is -0.497 e. The van der Waals surface area contributed by atoms with Crippen LogP contribution < -0.4 is 10.3 Å². The van der Waals surface area contributed by atoms with Gasteiger partial charge >= 0.3 is 0 Å². The van der Waals surface area contributed by atoms with Crippen molar-refractivity contribution < 1.29 is 13.2 Å². The Morgan fingerprint density at radius 2 is 1.67 bits per heavy atom. The van der Waals surface area contributed by atoms with Gasteiger partial charge in [0.1, 0.15) is 5.75 Å². The molecule has 0 saturated carbocycles. The number of pyridine rings is 1. The number of fused-ring (bicyclic) bond motifs is 1. The highest BCUT2D eigenvalue weighted by atomic mass is 32.2. The van der Waals surface area contributed by atoms with Crippen molar-refractivity contribution in [1.82, 2.24) is 9.29 Å². The van der Waals surface area contributed by atoms with Crippen LogP contribution >= 0.6 is 0 Å². The van der Waals surface area contributed by atoms with E-state index in [1.165, 1.54) is 4.31 Å². The number of aromatic amines is 1. The molecule has 1 heterocycles. The van der Waals surface area contributed by atoms with Gasteiger partial charge < -0.3 is 9.72 Å². The van der Waals surface area contributed by atoms with E-state index >= 15 is 0 Å². The molecule has 0 radical (unpaired) electrons. The van der Waals surface area contributed by atoms with E-state index in [1.807, 2.05) is 43.3 Å². The van der Waals surface area contributed by atoms with Crippen molar-refractivity contribution in [2.24, 2.45) is 0 Å². The van der Waals surface area contributed by atoms with Gasteiger partial charge in [0.05, 0.1) is 17.5 Å². The average molecular weight is 463 g/mol. The molecule has 6 nitrogen and oxygen atoms in total. The predicted molar refractivity (Wildman–Crippen MR) is 130 cm³/mol. The smallest absolute Gasteiger partial charge is 0.252 e. The van der Waals surface area contributed by atoms with Crippen molar-refractivity contribution >= 4 is 20.9 Å². The molecule has 0 aliphatic carbocycles. The first kappa shape index (κ1) is 22.8. The molecule has 0 amide bonds. The second kappa shape index (κ2) is 9.60. The highest BCUT2D eigenvalue weighted by Gasteiger charge is 2.25. The first-order chi connectivity index (χ1) is 15.9. The Bertz CT molecular complexity index is 1410. The lowest BCUT2D eigenvalue weighted by atomic mass is 10.1. The molecule has 0 unspecified atom stereocenters. The average Bonchev–Trinajstić information content (AvgIpc) is 2.82. The molecule has 4 aromatic rings. The zero-order valence-corrected chi connectivity index (χ0v) is 19.4. The van der Waals surface area contributed by atoms with E-state index in [0.717, 1.165) is 16.5 Å². The standard InChI is InChI=1S/C26H26N2O4S/c1-19-8-12-24(13-9-19)33(30,31)28(15-14-20-6-4-3-5-7-20)18-22-16-21-10-11-23(32-2)17-25(21)27-26(22)29/h3-13,16-17H,14-15,18H2,1-2H3,(H,27,29). The molecule has 0 bridgehead atoms. The maximum absolute atomic E-state index is 13.5. The van der Waals surface area contributed by atoms with E-state index in [2.05, 4.69) is 4.98 Å². The van der Waals surface area contributed by atoms with Crippen molar-refractivity contribution in [3.63, 3.8) is 0 Å². The van der Waals surface area contributed by atoms with Gasteiger partial charge in [0, 0.05) is 24.7 Å². The van der Waals surface area contributed by atoms with Crippen molar-refractivity contribution in [3.8, 4) is 5.75 Å². The molecule has 1 aromatic heterocycles. The zero-order valence-electron chi connectivity index (χ0n) is 18.6. The Balaban J connectivity index is 1.70. The summed E-state index contributed by atoms with van der Waals surface area (Å²) < 4.78 is 33.7. The van der Waals surface area contributed by atoms with Crippen LogP contribution in [0.25, 0.3) is 10.9 Å². The highest BCUT2D eigenvalue weighted by molar-refractivity contribution is 7.89. The third kappa shape index (κ3) is 5.16. The maximum Gasteiger partial charge on any atom is 0.252 e. The summed E-state index contributed by atoms with van der Waals surface area (Å²) in [5, 5.41) is 0.807. The van der Waals surface area contributed by atoms with Crippen LogP contribution in [-0.2, 0) is 23.0 Å². The summed E-state index contributed by atoms with van der Waals surface area (Å²) in [5.74, 6) is 0.636. The van der Waals surface area contributed by atoms with Gasteiger partial charge in [-0.05, 0) is 54.6 Å². The third-order valence-electron chi connectivity index (χ3n) is 5.63. The number of H-pyrrole nitrogens is 1. The number of hydrogen-bond acceptors (Lipinski definition) is 4. The second-order valence-corrected chi connectivity index (χ2v) is 9.90. The number of aryl methyl sites for hydroxylation is 1. The normalized spacial score (nSPS) is 11.7.